The van der Waals surface area contributed by atoms with Crippen LogP contribution in [0.15, 0.2) is 67.0 Å². The third kappa shape index (κ3) is 3.27. The molecule has 0 aliphatic rings. The Morgan fingerprint density at radius 3 is 2.00 bits per heavy atom. The number of anilines is 1. The number of aromatic nitrogens is 2. The predicted molar refractivity (Wildman–Crippen MR) is 88.8 cm³/mol. The molecule has 24 heavy (non-hydrogen) atoms. The normalized spacial score (nSPS) is 10.2. The molecule has 0 spiro atoms. The van der Waals surface area contributed by atoms with Crippen molar-refractivity contribution in [2.45, 2.75) is 0 Å². The van der Waals surface area contributed by atoms with E-state index >= 15 is 0 Å². The molecule has 2 aromatic carbocycles. The molecule has 0 radical (unpaired) electrons. The first-order valence-corrected chi connectivity index (χ1v) is 7.16. The topological polar surface area (TPSA) is 92.2 Å². The van der Waals surface area contributed by atoms with Crippen LogP contribution in [0, 0.1) is 0 Å². The van der Waals surface area contributed by atoms with Gasteiger partial charge in [-0.3, -0.25) is 4.79 Å². The molecule has 1 amide bonds. The maximum Gasteiger partial charge on any atom is 0.356 e. The third-order valence-corrected chi connectivity index (χ3v) is 3.37. The highest BCUT2D eigenvalue weighted by Crippen LogP contribution is 2.21. The highest BCUT2D eigenvalue weighted by atomic mass is 16.4. The molecule has 0 bridgehead atoms. The second kappa shape index (κ2) is 6.70. The number of benzene rings is 2. The van der Waals surface area contributed by atoms with E-state index < -0.39 is 11.9 Å². The first kappa shape index (κ1) is 15.4. The smallest absolute Gasteiger partial charge is 0.356 e. The van der Waals surface area contributed by atoms with Crippen molar-refractivity contribution in [1.82, 2.24) is 9.97 Å². The van der Waals surface area contributed by atoms with Gasteiger partial charge in [-0.2, -0.15) is 0 Å². The first-order valence-electron chi connectivity index (χ1n) is 7.16. The van der Waals surface area contributed by atoms with Crippen molar-refractivity contribution in [2.75, 3.05) is 5.32 Å². The lowest BCUT2D eigenvalue weighted by molar-refractivity contribution is 0.0685. The summed E-state index contributed by atoms with van der Waals surface area (Å²) >= 11 is 0. The molecule has 2 N–H and O–H groups in total. The molecule has 0 aliphatic heterocycles. The van der Waals surface area contributed by atoms with E-state index in [2.05, 4.69) is 15.3 Å². The fourth-order valence-corrected chi connectivity index (χ4v) is 2.23. The number of carboxylic acid groups (broad SMARTS) is 1. The fourth-order valence-electron chi connectivity index (χ4n) is 2.23. The van der Waals surface area contributed by atoms with Crippen LogP contribution in [0.3, 0.4) is 0 Å². The Balaban J connectivity index is 1.80. The number of carboxylic acids is 1. The van der Waals surface area contributed by atoms with Gasteiger partial charge in [-0.15, -0.1) is 0 Å². The second-order valence-electron chi connectivity index (χ2n) is 4.96. The molecule has 3 aromatic rings. The van der Waals surface area contributed by atoms with Crippen molar-refractivity contribution < 1.29 is 14.7 Å². The van der Waals surface area contributed by atoms with Gasteiger partial charge in [-0.1, -0.05) is 42.5 Å². The van der Waals surface area contributed by atoms with E-state index in [0.29, 0.717) is 5.69 Å². The van der Waals surface area contributed by atoms with Gasteiger partial charge in [-0.05, 0) is 23.3 Å². The summed E-state index contributed by atoms with van der Waals surface area (Å²) in [5, 5.41) is 11.7. The van der Waals surface area contributed by atoms with Crippen LogP contribution in [-0.2, 0) is 0 Å². The Labute approximate surface area is 137 Å². The number of carbonyl (C=O) groups excluding carboxylic acids is 1. The number of carbonyl (C=O) groups is 2. The van der Waals surface area contributed by atoms with Crippen LogP contribution in [0.25, 0.3) is 11.1 Å². The summed E-state index contributed by atoms with van der Waals surface area (Å²) < 4.78 is 0. The maximum absolute atomic E-state index is 12.2. The van der Waals surface area contributed by atoms with Crippen LogP contribution in [-0.4, -0.2) is 27.0 Å². The van der Waals surface area contributed by atoms with Gasteiger partial charge in [0, 0.05) is 18.1 Å². The number of nitrogens with one attached hydrogen (secondary N) is 1. The molecule has 0 unspecified atom stereocenters. The summed E-state index contributed by atoms with van der Waals surface area (Å²) in [4.78, 5) is 30.8. The van der Waals surface area contributed by atoms with E-state index in [9.17, 15) is 9.59 Å². The molecule has 1 heterocycles. The van der Waals surface area contributed by atoms with Crippen LogP contribution in [0.1, 0.15) is 21.0 Å². The van der Waals surface area contributed by atoms with E-state index in [-0.39, 0.29) is 11.4 Å². The molecule has 6 nitrogen and oxygen atoms in total. The highest BCUT2D eigenvalue weighted by molar-refractivity contribution is 6.08. The molecule has 1 aromatic heterocycles. The SMILES string of the molecule is O=C(O)c1nccnc1C(=O)Nc1ccc(-c2ccccc2)cc1. The summed E-state index contributed by atoms with van der Waals surface area (Å²) in [7, 11) is 0. The van der Waals surface area contributed by atoms with Crippen LogP contribution in [0.4, 0.5) is 5.69 Å². The summed E-state index contributed by atoms with van der Waals surface area (Å²) in [6.07, 6.45) is 2.51. The van der Waals surface area contributed by atoms with Gasteiger partial charge in [0.05, 0.1) is 0 Å². The third-order valence-electron chi connectivity index (χ3n) is 3.37. The molecule has 118 valence electrons. The summed E-state index contributed by atoms with van der Waals surface area (Å²) in [5.41, 5.74) is 2.02. The molecular formula is C18H13N3O3. The first-order chi connectivity index (χ1) is 11.6. The molecule has 0 fully saturated rings. The van der Waals surface area contributed by atoms with Crippen molar-refractivity contribution in [2.24, 2.45) is 0 Å². The average Bonchev–Trinajstić information content (AvgIpc) is 2.63. The number of nitrogens with zero attached hydrogens (tertiary/aromatic N) is 2. The monoisotopic (exact) mass is 319 g/mol. The van der Waals surface area contributed by atoms with Crippen LogP contribution in [0.5, 0.6) is 0 Å². The number of amides is 1. The lowest BCUT2D eigenvalue weighted by atomic mass is 10.1. The van der Waals surface area contributed by atoms with Crippen LogP contribution in [0.2, 0.25) is 0 Å². The summed E-state index contributed by atoms with van der Waals surface area (Å²) in [5.74, 6) is -1.92. The maximum atomic E-state index is 12.2. The van der Waals surface area contributed by atoms with E-state index in [1.807, 2.05) is 42.5 Å². The number of hydrogen-bond donors (Lipinski definition) is 2. The molecule has 0 saturated heterocycles. The zero-order chi connectivity index (χ0) is 16.9. The molecule has 0 aliphatic carbocycles. The Morgan fingerprint density at radius 2 is 1.38 bits per heavy atom. The van der Waals surface area contributed by atoms with E-state index in [1.54, 1.807) is 12.1 Å². The fraction of sp³-hybridized carbons (Fsp3) is 0. The number of rotatable bonds is 4. The Kier molecular flexibility index (Phi) is 4.29. The number of aromatic carboxylic acids is 1. The molecule has 3 rings (SSSR count). The Hall–Kier alpha value is -3.54. The van der Waals surface area contributed by atoms with E-state index in [0.717, 1.165) is 11.1 Å². The van der Waals surface area contributed by atoms with Gasteiger partial charge in [0.1, 0.15) is 0 Å². The van der Waals surface area contributed by atoms with Gasteiger partial charge in [0.15, 0.2) is 11.4 Å². The van der Waals surface area contributed by atoms with Gasteiger partial charge >= 0.3 is 5.97 Å². The van der Waals surface area contributed by atoms with Crippen LogP contribution >= 0.6 is 0 Å². The lowest BCUT2D eigenvalue weighted by Gasteiger charge is -2.07. The minimum absolute atomic E-state index is 0.225. The van der Waals surface area contributed by atoms with Crippen molar-refractivity contribution in [3.8, 4) is 11.1 Å². The van der Waals surface area contributed by atoms with Gasteiger partial charge < -0.3 is 10.4 Å². The van der Waals surface area contributed by atoms with Crippen molar-refractivity contribution >= 4 is 17.6 Å². The summed E-state index contributed by atoms with van der Waals surface area (Å²) in [6, 6.07) is 17.1. The van der Waals surface area contributed by atoms with Crippen LogP contribution < -0.4 is 5.32 Å². The van der Waals surface area contributed by atoms with Gasteiger partial charge in [-0.25, -0.2) is 14.8 Å². The van der Waals surface area contributed by atoms with E-state index in [1.165, 1.54) is 12.4 Å². The molecule has 6 heteroatoms. The Morgan fingerprint density at radius 1 is 0.792 bits per heavy atom. The second-order valence-corrected chi connectivity index (χ2v) is 4.96. The highest BCUT2D eigenvalue weighted by Gasteiger charge is 2.19. The minimum atomic E-state index is -1.30. The summed E-state index contributed by atoms with van der Waals surface area (Å²) in [6.45, 7) is 0. The minimum Gasteiger partial charge on any atom is -0.476 e. The standard InChI is InChI=1S/C18H13N3O3/c22-17(15-16(18(23)24)20-11-10-19-15)21-14-8-6-13(7-9-14)12-4-2-1-3-5-12/h1-11H,(H,21,22)(H,23,24). The largest absolute Gasteiger partial charge is 0.476 e. The zero-order valence-electron chi connectivity index (χ0n) is 12.5. The van der Waals surface area contributed by atoms with Crippen molar-refractivity contribution in [3.63, 3.8) is 0 Å². The molecule has 0 atom stereocenters. The lowest BCUT2D eigenvalue weighted by Crippen LogP contribution is -2.19. The molecule has 0 saturated carbocycles. The van der Waals surface area contributed by atoms with Crippen molar-refractivity contribution in [1.29, 1.82) is 0 Å². The zero-order valence-corrected chi connectivity index (χ0v) is 12.5. The van der Waals surface area contributed by atoms with E-state index in [4.69, 9.17) is 5.11 Å². The quantitative estimate of drug-likeness (QED) is 0.771. The number of hydrogen-bond acceptors (Lipinski definition) is 4. The van der Waals surface area contributed by atoms with Gasteiger partial charge in [0.2, 0.25) is 0 Å². The average molecular weight is 319 g/mol. The molecular weight excluding hydrogens is 306 g/mol. The van der Waals surface area contributed by atoms with Crippen molar-refractivity contribution in [3.05, 3.63) is 78.4 Å². The van der Waals surface area contributed by atoms with Gasteiger partial charge in [0.25, 0.3) is 5.91 Å². The Bertz CT molecular complexity index is 878. The predicted octanol–water partition coefficient (Wildman–Crippen LogP) is 3.09.